The van der Waals surface area contributed by atoms with Crippen LogP contribution in [0.25, 0.3) is 0 Å². The van der Waals surface area contributed by atoms with Gasteiger partial charge in [0.1, 0.15) is 12.2 Å². The van der Waals surface area contributed by atoms with Gasteiger partial charge in [-0.15, -0.1) is 0 Å². The van der Waals surface area contributed by atoms with Crippen LogP contribution in [0.2, 0.25) is 0 Å². The number of benzene rings is 1. The Morgan fingerprint density at radius 1 is 1.07 bits per heavy atom. The number of hydrogen-bond acceptors (Lipinski definition) is 8. The number of esters is 1. The summed E-state index contributed by atoms with van der Waals surface area (Å²) in [6.07, 6.45) is -0.0731. The van der Waals surface area contributed by atoms with E-state index in [1.54, 1.807) is 39.0 Å². The summed E-state index contributed by atoms with van der Waals surface area (Å²) in [5, 5.41) is 2.98. The summed E-state index contributed by atoms with van der Waals surface area (Å²) in [7, 11) is 0. The van der Waals surface area contributed by atoms with Crippen molar-refractivity contribution in [1.29, 1.82) is 0 Å². The van der Waals surface area contributed by atoms with Gasteiger partial charge < -0.3 is 18.9 Å². The summed E-state index contributed by atoms with van der Waals surface area (Å²) in [6, 6.07) is 14.7. The van der Waals surface area contributed by atoms with Gasteiger partial charge in [0.05, 0.1) is 0 Å². The Bertz CT molecular complexity index is 873. The minimum atomic E-state index is -1.51. The van der Waals surface area contributed by atoms with E-state index in [0.717, 1.165) is 5.56 Å². The molecule has 1 saturated heterocycles. The highest BCUT2D eigenvalue weighted by molar-refractivity contribution is 5.88. The van der Waals surface area contributed by atoms with Crippen molar-refractivity contribution in [2.24, 2.45) is 0 Å². The highest BCUT2D eigenvalue weighted by atomic mass is 16.8. The molecular weight excluding hydrogens is 388 g/mol. The molecule has 0 aliphatic carbocycles. The van der Waals surface area contributed by atoms with E-state index in [9.17, 15) is 9.59 Å². The number of nitrogens with zero attached hydrogens (tertiary/aromatic N) is 1. The van der Waals surface area contributed by atoms with Crippen molar-refractivity contribution in [3.63, 3.8) is 0 Å². The SMILES string of the molecule is CC(C)(C)OC(=O)OC(=O)[C@]1(Oc2cccc(OCc3ccccc3)n2)CCCN1. The van der Waals surface area contributed by atoms with Crippen LogP contribution in [0, 0.1) is 0 Å². The number of hydrogen-bond donors (Lipinski definition) is 1. The molecule has 30 heavy (non-hydrogen) atoms. The monoisotopic (exact) mass is 414 g/mol. The molecular formula is C22H26N2O6. The second-order valence-electron chi connectivity index (χ2n) is 7.90. The lowest BCUT2D eigenvalue weighted by Gasteiger charge is -2.27. The minimum Gasteiger partial charge on any atom is -0.473 e. The van der Waals surface area contributed by atoms with Crippen LogP contribution in [0.5, 0.6) is 11.8 Å². The Kier molecular flexibility index (Phi) is 6.56. The van der Waals surface area contributed by atoms with E-state index in [4.69, 9.17) is 18.9 Å². The summed E-state index contributed by atoms with van der Waals surface area (Å²) in [5.41, 5.74) is -1.29. The summed E-state index contributed by atoms with van der Waals surface area (Å²) in [6.45, 7) is 5.94. The lowest BCUT2D eigenvalue weighted by molar-refractivity contribution is -0.161. The maximum atomic E-state index is 12.7. The van der Waals surface area contributed by atoms with E-state index in [1.165, 1.54) is 0 Å². The van der Waals surface area contributed by atoms with Crippen molar-refractivity contribution in [2.75, 3.05) is 6.54 Å². The minimum absolute atomic E-state index is 0.177. The largest absolute Gasteiger partial charge is 0.516 e. The van der Waals surface area contributed by atoms with Gasteiger partial charge in [-0.1, -0.05) is 36.4 Å². The quantitative estimate of drug-likeness (QED) is 0.566. The van der Waals surface area contributed by atoms with Gasteiger partial charge in [0.2, 0.25) is 11.8 Å². The topological polar surface area (TPSA) is 96.0 Å². The molecule has 8 nitrogen and oxygen atoms in total. The third kappa shape index (κ3) is 5.93. The zero-order valence-corrected chi connectivity index (χ0v) is 17.3. The molecule has 0 bridgehead atoms. The van der Waals surface area contributed by atoms with Gasteiger partial charge in [-0.2, -0.15) is 4.98 Å². The van der Waals surface area contributed by atoms with Crippen molar-refractivity contribution >= 4 is 12.1 Å². The molecule has 1 aromatic heterocycles. The van der Waals surface area contributed by atoms with Crippen LogP contribution < -0.4 is 14.8 Å². The fourth-order valence-electron chi connectivity index (χ4n) is 2.89. The Hall–Kier alpha value is -3.13. The number of aromatic nitrogens is 1. The molecule has 1 atom stereocenters. The van der Waals surface area contributed by atoms with Gasteiger partial charge in [0, 0.05) is 18.6 Å². The summed E-state index contributed by atoms with van der Waals surface area (Å²) in [5.74, 6) is -0.340. The first kappa shape index (κ1) is 21.6. The van der Waals surface area contributed by atoms with E-state index in [2.05, 4.69) is 10.3 Å². The smallest absolute Gasteiger partial charge is 0.473 e. The number of nitrogens with one attached hydrogen (secondary N) is 1. The van der Waals surface area contributed by atoms with E-state index >= 15 is 0 Å². The molecule has 0 saturated carbocycles. The Morgan fingerprint density at radius 3 is 2.47 bits per heavy atom. The Morgan fingerprint density at radius 2 is 1.80 bits per heavy atom. The number of carbonyl (C=O) groups is 2. The van der Waals surface area contributed by atoms with Gasteiger partial charge in [0.15, 0.2) is 0 Å². The molecule has 1 aliphatic rings. The van der Waals surface area contributed by atoms with E-state index < -0.39 is 23.5 Å². The fraction of sp³-hybridized carbons (Fsp3) is 0.409. The number of carbonyl (C=O) groups excluding carboxylic acids is 2. The molecule has 1 N–H and O–H groups in total. The van der Waals surface area contributed by atoms with Crippen LogP contribution >= 0.6 is 0 Å². The molecule has 2 heterocycles. The molecule has 0 spiro atoms. The third-order valence-corrected chi connectivity index (χ3v) is 4.22. The average molecular weight is 414 g/mol. The molecule has 1 fully saturated rings. The second-order valence-corrected chi connectivity index (χ2v) is 7.90. The van der Waals surface area contributed by atoms with Crippen molar-refractivity contribution < 1.29 is 28.5 Å². The van der Waals surface area contributed by atoms with E-state index in [1.807, 2.05) is 30.3 Å². The van der Waals surface area contributed by atoms with Crippen LogP contribution in [0.15, 0.2) is 48.5 Å². The summed E-state index contributed by atoms with van der Waals surface area (Å²) >= 11 is 0. The number of rotatable bonds is 6. The summed E-state index contributed by atoms with van der Waals surface area (Å²) in [4.78, 5) is 28.9. The first-order valence-electron chi connectivity index (χ1n) is 9.79. The predicted octanol–water partition coefficient (Wildman–Crippen LogP) is 3.60. The molecule has 160 valence electrons. The second kappa shape index (κ2) is 9.13. The van der Waals surface area contributed by atoms with Crippen LogP contribution in [-0.2, 0) is 20.9 Å². The number of pyridine rings is 1. The highest BCUT2D eigenvalue weighted by Gasteiger charge is 2.47. The van der Waals surface area contributed by atoms with Gasteiger partial charge >= 0.3 is 12.1 Å². The van der Waals surface area contributed by atoms with Gasteiger partial charge in [-0.05, 0) is 39.3 Å². The van der Waals surface area contributed by atoms with Crippen molar-refractivity contribution in [3.05, 3.63) is 54.1 Å². The zero-order valence-electron chi connectivity index (χ0n) is 17.3. The highest BCUT2D eigenvalue weighted by Crippen LogP contribution is 2.27. The Balaban J connectivity index is 1.67. The van der Waals surface area contributed by atoms with Crippen LogP contribution in [-0.4, -0.2) is 35.0 Å². The first-order chi connectivity index (χ1) is 14.3. The van der Waals surface area contributed by atoms with Crippen molar-refractivity contribution in [1.82, 2.24) is 10.3 Å². The molecule has 3 rings (SSSR count). The van der Waals surface area contributed by atoms with Crippen LogP contribution in [0.1, 0.15) is 39.2 Å². The fourth-order valence-corrected chi connectivity index (χ4v) is 2.89. The van der Waals surface area contributed by atoms with Gasteiger partial charge in [-0.3, -0.25) is 5.32 Å². The standard InChI is InChI=1S/C22H26N2O6/c1-21(2,3)30-20(26)28-19(25)22(13-8-14-23-22)29-18-12-7-11-17(24-18)27-15-16-9-5-4-6-10-16/h4-7,9-12,23H,8,13-15H2,1-3H3/t22-/m1/s1. The first-order valence-corrected chi connectivity index (χ1v) is 9.79. The van der Waals surface area contributed by atoms with Crippen molar-refractivity contribution in [2.45, 2.75) is 51.5 Å². The summed E-state index contributed by atoms with van der Waals surface area (Å²) < 4.78 is 21.5. The maximum Gasteiger partial charge on any atom is 0.516 e. The van der Waals surface area contributed by atoms with Crippen molar-refractivity contribution in [3.8, 4) is 11.8 Å². The van der Waals surface area contributed by atoms with Crippen LogP contribution in [0.3, 0.4) is 0 Å². The molecule has 8 heteroatoms. The Labute approximate surface area is 175 Å². The lowest BCUT2D eigenvalue weighted by atomic mass is 10.1. The van der Waals surface area contributed by atoms with Gasteiger partial charge in [-0.25, -0.2) is 9.59 Å². The average Bonchev–Trinajstić information content (AvgIpc) is 3.16. The molecule has 0 unspecified atom stereocenters. The third-order valence-electron chi connectivity index (χ3n) is 4.22. The predicted molar refractivity (Wildman–Crippen MR) is 108 cm³/mol. The zero-order chi connectivity index (χ0) is 21.6. The van der Waals surface area contributed by atoms with Crippen LogP contribution in [0.4, 0.5) is 4.79 Å². The molecule has 2 aromatic rings. The maximum absolute atomic E-state index is 12.7. The molecule has 0 amide bonds. The van der Waals surface area contributed by atoms with Gasteiger partial charge in [0.25, 0.3) is 5.72 Å². The lowest BCUT2D eigenvalue weighted by Crippen LogP contribution is -2.54. The van der Waals surface area contributed by atoms with E-state index in [-0.39, 0.29) is 5.88 Å². The molecule has 1 aromatic carbocycles. The normalized spacial score (nSPS) is 18.5. The van der Waals surface area contributed by atoms with E-state index in [0.29, 0.717) is 31.9 Å². The number of ether oxygens (including phenoxy) is 4. The molecule has 0 radical (unpaired) electrons. The molecule has 1 aliphatic heterocycles.